The minimum absolute atomic E-state index is 0.0202. The monoisotopic (exact) mass is 359 g/mol. The first-order valence-corrected chi connectivity index (χ1v) is 8.91. The molecule has 7 nitrogen and oxygen atoms in total. The summed E-state index contributed by atoms with van der Waals surface area (Å²) in [5, 5.41) is 11.9. The molecule has 0 spiro atoms. The maximum atomic E-state index is 11.9. The Kier molecular flexibility index (Phi) is 10.9. The van der Waals surface area contributed by atoms with Crippen LogP contribution in [-0.2, 0) is 19.1 Å². The van der Waals surface area contributed by atoms with Crippen molar-refractivity contribution in [3.63, 3.8) is 0 Å². The quantitative estimate of drug-likeness (QED) is 0.433. The van der Waals surface area contributed by atoms with Crippen molar-refractivity contribution in [2.45, 2.75) is 67.1 Å². The number of carboxylic acid groups (broad SMARTS) is 1. The fourth-order valence-corrected chi connectivity index (χ4v) is 2.58. The number of carbonyl (C=O) groups excluding carboxylic acids is 2. The zero-order chi connectivity index (χ0) is 19.6. The highest BCUT2D eigenvalue weighted by Gasteiger charge is 2.25. The maximum absolute atomic E-state index is 11.9. The van der Waals surface area contributed by atoms with Gasteiger partial charge in [0.2, 0.25) is 0 Å². The van der Waals surface area contributed by atoms with Gasteiger partial charge in [0, 0.05) is 19.4 Å². The minimum atomic E-state index is -0.995. The molecule has 25 heavy (non-hydrogen) atoms. The van der Waals surface area contributed by atoms with E-state index < -0.39 is 30.2 Å². The summed E-state index contributed by atoms with van der Waals surface area (Å²) in [6.07, 6.45) is 0.566. The van der Waals surface area contributed by atoms with Gasteiger partial charge >= 0.3 is 18.0 Å². The lowest BCUT2D eigenvalue weighted by atomic mass is 9.86. The molecule has 0 radical (unpaired) electrons. The van der Waals surface area contributed by atoms with Gasteiger partial charge in [-0.2, -0.15) is 0 Å². The van der Waals surface area contributed by atoms with Gasteiger partial charge in [0.05, 0.1) is 5.92 Å². The number of carbonyl (C=O) groups is 3. The Balaban J connectivity index is 4.61. The Hall–Kier alpha value is -1.79. The molecule has 7 heteroatoms. The van der Waals surface area contributed by atoms with Gasteiger partial charge in [0.15, 0.2) is 0 Å². The molecule has 0 aliphatic carbocycles. The summed E-state index contributed by atoms with van der Waals surface area (Å²) in [5.41, 5.74) is 0. The van der Waals surface area contributed by atoms with Crippen LogP contribution >= 0.6 is 0 Å². The van der Waals surface area contributed by atoms with Crippen LogP contribution in [0.3, 0.4) is 0 Å². The van der Waals surface area contributed by atoms with Gasteiger partial charge in [-0.3, -0.25) is 9.59 Å². The molecule has 0 aromatic heterocycles. The SMILES string of the molecule is CC[C@H](CC(C)C)C[C@@H](CNC(=O)O[C@H](OC(C)=O)C(C)C)C(=O)O. The summed E-state index contributed by atoms with van der Waals surface area (Å²) in [5.74, 6) is -1.59. The van der Waals surface area contributed by atoms with Crippen molar-refractivity contribution in [1.29, 1.82) is 0 Å². The van der Waals surface area contributed by atoms with Gasteiger partial charge in [-0.05, 0) is 24.7 Å². The number of rotatable bonds is 11. The number of ether oxygens (including phenoxy) is 2. The van der Waals surface area contributed by atoms with Crippen molar-refractivity contribution in [3.8, 4) is 0 Å². The molecule has 0 aliphatic rings. The molecule has 0 fully saturated rings. The van der Waals surface area contributed by atoms with E-state index in [1.54, 1.807) is 13.8 Å². The molecule has 0 aromatic carbocycles. The summed E-state index contributed by atoms with van der Waals surface area (Å²) in [6.45, 7) is 11.0. The van der Waals surface area contributed by atoms with Crippen LogP contribution in [-0.4, -0.2) is 36.0 Å². The van der Waals surface area contributed by atoms with Crippen LogP contribution < -0.4 is 5.32 Å². The number of nitrogens with one attached hydrogen (secondary N) is 1. The van der Waals surface area contributed by atoms with Crippen molar-refractivity contribution >= 4 is 18.0 Å². The number of aliphatic carboxylic acids is 1. The highest BCUT2D eigenvalue weighted by atomic mass is 16.7. The first kappa shape index (κ1) is 23.2. The van der Waals surface area contributed by atoms with Crippen molar-refractivity contribution in [2.75, 3.05) is 6.54 Å². The van der Waals surface area contributed by atoms with Crippen molar-refractivity contribution in [3.05, 3.63) is 0 Å². The molecular formula is C18H33NO6. The van der Waals surface area contributed by atoms with E-state index in [-0.39, 0.29) is 12.5 Å². The number of alkyl carbamates (subject to hydrolysis) is 1. The number of carboxylic acids is 1. The van der Waals surface area contributed by atoms with Crippen molar-refractivity contribution in [2.24, 2.45) is 23.7 Å². The average molecular weight is 359 g/mol. The molecule has 1 amide bonds. The van der Waals surface area contributed by atoms with E-state index in [1.165, 1.54) is 6.92 Å². The maximum Gasteiger partial charge on any atom is 0.410 e. The molecule has 146 valence electrons. The highest BCUT2D eigenvalue weighted by Crippen LogP contribution is 2.23. The molecule has 0 saturated heterocycles. The number of hydrogen-bond donors (Lipinski definition) is 2. The zero-order valence-corrected chi connectivity index (χ0v) is 16.2. The third-order valence-corrected chi connectivity index (χ3v) is 3.89. The molecule has 0 heterocycles. The van der Waals surface area contributed by atoms with Crippen LogP contribution in [0.15, 0.2) is 0 Å². The lowest BCUT2D eigenvalue weighted by Gasteiger charge is -2.23. The van der Waals surface area contributed by atoms with E-state index in [2.05, 4.69) is 19.2 Å². The topological polar surface area (TPSA) is 102 Å². The number of amides is 1. The average Bonchev–Trinajstić information content (AvgIpc) is 2.48. The highest BCUT2D eigenvalue weighted by molar-refractivity contribution is 5.72. The minimum Gasteiger partial charge on any atom is -0.481 e. The summed E-state index contributed by atoms with van der Waals surface area (Å²) in [7, 11) is 0. The third kappa shape index (κ3) is 10.6. The molecule has 3 atom stereocenters. The van der Waals surface area contributed by atoms with Gasteiger partial charge in [-0.1, -0.05) is 41.0 Å². The lowest BCUT2D eigenvalue weighted by molar-refractivity contribution is -0.172. The standard InChI is InChI=1S/C18H33NO6/c1-7-14(8-11(2)3)9-15(16(21)22)10-19-18(23)25-17(12(4)5)24-13(6)20/h11-12,14-15,17H,7-10H2,1-6H3,(H,19,23)(H,21,22)/t14-,15+,17+/m1/s1. The molecule has 0 aliphatic heterocycles. The second-order valence-electron chi connectivity index (χ2n) is 7.18. The second kappa shape index (κ2) is 11.7. The third-order valence-electron chi connectivity index (χ3n) is 3.89. The summed E-state index contributed by atoms with van der Waals surface area (Å²) < 4.78 is 9.99. The largest absolute Gasteiger partial charge is 0.481 e. The molecule has 0 bridgehead atoms. The normalized spacial score (nSPS) is 14.7. The van der Waals surface area contributed by atoms with Gasteiger partial charge in [-0.15, -0.1) is 0 Å². The summed E-state index contributed by atoms with van der Waals surface area (Å²) in [6, 6.07) is 0. The Morgan fingerprint density at radius 2 is 1.64 bits per heavy atom. The molecule has 0 unspecified atom stereocenters. The summed E-state index contributed by atoms with van der Waals surface area (Å²) >= 11 is 0. The van der Waals surface area contributed by atoms with Crippen LogP contribution in [0.25, 0.3) is 0 Å². The van der Waals surface area contributed by atoms with E-state index >= 15 is 0 Å². The Bertz CT molecular complexity index is 435. The van der Waals surface area contributed by atoms with E-state index in [0.717, 1.165) is 12.8 Å². The van der Waals surface area contributed by atoms with Crippen LogP contribution in [0.5, 0.6) is 0 Å². The van der Waals surface area contributed by atoms with Crippen molar-refractivity contribution in [1.82, 2.24) is 5.32 Å². The van der Waals surface area contributed by atoms with Gasteiger partial charge in [0.1, 0.15) is 0 Å². The van der Waals surface area contributed by atoms with Crippen LogP contribution in [0.2, 0.25) is 0 Å². The smallest absolute Gasteiger partial charge is 0.410 e. The predicted molar refractivity (Wildman–Crippen MR) is 93.9 cm³/mol. The molecule has 0 rings (SSSR count). The fraction of sp³-hybridized carbons (Fsp3) is 0.833. The van der Waals surface area contributed by atoms with Crippen molar-refractivity contribution < 1.29 is 29.0 Å². The zero-order valence-electron chi connectivity index (χ0n) is 16.2. The van der Waals surface area contributed by atoms with Crippen LogP contribution in [0.1, 0.15) is 60.8 Å². The van der Waals surface area contributed by atoms with E-state index in [9.17, 15) is 19.5 Å². The second-order valence-corrected chi connectivity index (χ2v) is 7.18. The first-order valence-electron chi connectivity index (χ1n) is 8.91. The lowest BCUT2D eigenvalue weighted by Crippen LogP contribution is -2.38. The molecule has 2 N–H and O–H groups in total. The molecular weight excluding hydrogens is 326 g/mol. The van der Waals surface area contributed by atoms with E-state index in [0.29, 0.717) is 18.3 Å². The molecule has 0 saturated carbocycles. The Labute approximate surface area is 150 Å². The Morgan fingerprint density at radius 3 is 2.04 bits per heavy atom. The number of esters is 1. The Morgan fingerprint density at radius 1 is 1.04 bits per heavy atom. The fourth-order valence-electron chi connectivity index (χ4n) is 2.58. The van der Waals surface area contributed by atoms with Crippen LogP contribution in [0.4, 0.5) is 4.79 Å². The first-order chi connectivity index (χ1) is 11.6. The van der Waals surface area contributed by atoms with Gasteiger partial charge in [0.25, 0.3) is 6.29 Å². The molecule has 0 aromatic rings. The summed E-state index contributed by atoms with van der Waals surface area (Å²) in [4.78, 5) is 34.4. The number of hydrogen-bond acceptors (Lipinski definition) is 5. The van der Waals surface area contributed by atoms with Crippen LogP contribution in [0, 0.1) is 23.7 Å². The van der Waals surface area contributed by atoms with E-state index in [1.807, 2.05) is 6.92 Å². The van der Waals surface area contributed by atoms with E-state index in [4.69, 9.17) is 9.47 Å². The van der Waals surface area contributed by atoms with Gasteiger partial charge in [-0.25, -0.2) is 4.79 Å². The van der Waals surface area contributed by atoms with Gasteiger partial charge < -0.3 is 19.9 Å². The predicted octanol–water partition coefficient (Wildman–Crippen LogP) is 3.42.